The fourth-order valence-electron chi connectivity index (χ4n) is 4.31. The second kappa shape index (κ2) is 10.5. The lowest BCUT2D eigenvalue weighted by molar-refractivity contribution is -0.120. The highest BCUT2D eigenvalue weighted by atomic mass is 35.5. The number of piperidine rings is 1. The summed E-state index contributed by atoms with van der Waals surface area (Å²) >= 11 is 6.13. The molecule has 0 bridgehead atoms. The number of carbonyl (C=O) groups is 2. The standard InChI is InChI=1S/C27H27ClN2O3/c28-22-14-12-20(13-15-22)26(23-6-2-3-7-24(23)30-16-4-1-5-17-30)29-25(31)18-19-8-10-21(11-9-19)27(32)33/h2-3,6-15,26H,1,4-5,16-18H2,(H,29,31)(H,32,33). The third-order valence-corrected chi connectivity index (χ3v) is 6.27. The molecule has 0 radical (unpaired) electrons. The maximum Gasteiger partial charge on any atom is 0.335 e. The zero-order chi connectivity index (χ0) is 23.2. The number of aromatic carboxylic acids is 1. The first-order chi connectivity index (χ1) is 16.0. The largest absolute Gasteiger partial charge is 0.478 e. The number of carbonyl (C=O) groups excluding carboxylic acids is 1. The molecule has 5 nitrogen and oxygen atoms in total. The fourth-order valence-corrected chi connectivity index (χ4v) is 4.44. The Morgan fingerprint density at radius 1 is 0.909 bits per heavy atom. The Balaban J connectivity index is 1.61. The zero-order valence-corrected chi connectivity index (χ0v) is 19.1. The molecule has 1 aliphatic heterocycles. The van der Waals surface area contributed by atoms with Crippen molar-refractivity contribution in [2.75, 3.05) is 18.0 Å². The molecule has 0 saturated carbocycles. The van der Waals surface area contributed by atoms with Gasteiger partial charge in [0.25, 0.3) is 0 Å². The lowest BCUT2D eigenvalue weighted by atomic mass is 9.95. The van der Waals surface area contributed by atoms with E-state index in [1.807, 2.05) is 36.4 Å². The van der Waals surface area contributed by atoms with Gasteiger partial charge < -0.3 is 15.3 Å². The van der Waals surface area contributed by atoms with E-state index in [-0.39, 0.29) is 23.9 Å². The molecule has 3 aromatic carbocycles. The van der Waals surface area contributed by atoms with Gasteiger partial charge in [-0.25, -0.2) is 4.79 Å². The van der Waals surface area contributed by atoms with E-state index in [1.165, 1.54) is 31.4 Å². The molecule has 1 heterocycles. The number of carboxylic acids is 1. The lowest BCUT2D eigenvalue weighted by Gasteiger charge is -2.33. The van der Waals surface area contributed by atoms with Crippen LogP contribution in [0.4, 0.5) is 5.69 Å². The van der Waals surface area contributed by atoms with Gasteiger partial charge in [0.2, 0.25) is 5.91 Å². The van der Waals surface area contributed by atoms with Crippen LogP contribution >= 0.6 is 11.6 Å². The van der Waals surface area contributed by atoms with E-state index in [2.05, 4.69) is 22.3 Å². The van der Waals surface area contributed by atoms with Crippen LogP contribution in [0.2, 0.25) is 5.02 Å². The van der Waals surface area contributed by atoms with Crippen LogP contribution in [0.5, 0.6) is 0 Å². The number of para-hydroxylation sites is 1. The zero-order valence-electron chi connectivity index (χ0n) is 18.3. The van der Waals surface area contributed by atoms with Gasteiger partial charge in [0, 0.05) is 29.4 Å². The number of halogens is 1. The molecule has 1 aliphatic rings. The summed E-state index contributed by atoms with van der Waals surface area (Å²) in [6.07, 6.45) is 3.74. The van der Waals surface area contributed by atoms with E-state index in [4.69, 9.17) is 16.7 Å². The van der Waals surface area contributed by atoms with Gasteiger partial charge in [0.1, 0.15) is 0 Å². The number of rotatable bonds is 7. The van der Waals surface area contributed by atoms with E-state index in [0.29, 0.717) is 5.02 Å². The number of amides is 1. The van der Waals surface area contributed by atoms with Crippen LogP contribution in [0.15, 0.2) is 72.8 Å². The van der Waals surface area contributed by atoms with Gasteiger partial charge in [-0.15, -0.1) is 0 Å². The summed E-state index contributed by atoms with van der Waals surface area (Å²) in [5.74, 6) is -1.12. The number of nitrogens with one attached hydrogen (secondary N) is 1. The van der Waals surface area contributed by atoms with Crippen LogP contribution < -0.4 is 10.2 Å². The molecule has 3 aromatic rings. The molecule has 1 atom stereocenters. The van der Waals surface area contributed by atoms with Gasteiger partial charge in [-0.3, -0.25) is 4.79 Å². The van der Waals surface area contributed by atoms with Gasteiger partial charge in [-0.2, -0.15) is 0 Å². The van der Waals surface area contributed by atoms with E-state index < -0.39 is 5.97 Å². The van der Waals surface area contributed by atoms with Crippen LogP contribution in [0.1, 0.15) is 52.4 Å². The molecule has 1 amide bonds. The molecule has 1 fully saturated rings. The smallest absolute Gasteiger partial charge is 0.335 e. The monoisotopic (exact) mass is 462 g/mol. The highest BCUT2D eigenvalue weighted by Crippen LogP contribution is 2.33. The molecule has 6 heteroatoms. The second-order valence-corrected chi connectivity index (χ2v) is 8.77. The number of anilines is 1. The normalized spacial score (nSPS) is 14.5. The molecule has 4 rings (SSSR count). The molecule has 1 saturated heterocycles. The summed E-state index contributed by atoms with van der Waals surface area (Å²) in [4.78, 5) is 26.6. The summed E-state index contributed by atoms with van der Waals surface area (Å²) < 4.78 is 0. The number of hydrogen-bond donors (Lipinski definition) is 2. The van der Waals surface area contributed by atoms with Gasteiger partial charge in [-0.1, -0.05) is 54.1 Å². The Kier molecular flexibility index (Phi) is 7.30. The fraction of sp³-hybridized carbons (Fsp3) is 0.259. The third kappa shape index (κ3) is 5.74. The summed E-state index contributed by atoms with van der Waals surface area (Å²) in [6.45, 7) is 2.02. The summed E-state index contributed by atoms with van der Waals surface area (Å²) in [5.41, 5.74) is 4.11. The molecule has 170 valence electrons. The molecule has 0 aliphatic carbocycles. The predicted molar refractivity (Wildman–Crippen MR) is 131 cm³/mol. The van der Waals surface area contributed by atoms with Gasteiger partial charge >= 0.3 is 5.97 Å². The van der Waals surface area contributed by atoms with Crippen molar-refractivity contribution in [3.05, 3.63) is 100 Å². The van der Waals surface area contributed by atoms with Crippen LogP contribution in [0.25, 0.3) is 0 Å². The van der Waals surface area contributed by atoms with Crippen molar-refractivity contribution in [1.82, 2.24) is 5.32 Å². The van der Waals surface area contributed by atoms with Crippen molar-refractivity contribution in [2.45, 2.75) is 31.7 Å². The molecule has 2 N–H and O–H groups in total. The Morgan fingerprint density at radius 2 is 1.58 bits per heavy atom. The van der Waals surface area contributed by atoms with E-state index in [1.54, 1.807) is 12.1 Å². The first kappa shape index (κ1) is 22.9. The average molecular weight is 463 g/mol. The van der Waals surface area contributed by atoms with E-state index in [9.17, 15) is 9.59 Å². The number of carboxylic acid groups (broad SMARTS) is 1. The Hall–Kier alpha value is -3.31. The first-order valence-corrected chi connectivity index (χ1v) is 11.6. The Morgan fingerprint density at radius 3 is 2.24 bits per heavy atom. The van der Waals surface area contributed by atoms with Crippen molar-refractivity contribution >= 4 is 29.2 Å². The van der Waals surface area contributed by atoms with Crippen molar-refractivity contribution in [3.8, 4) is 0 Å². The average Bonchev–Trinajstić information content (AvgIpc) is 2.84. The number of nitrogens with zero attached hydrogens (tertiary/aromatic N) is 1. The first-order valence-electron chi connectivity index (χ1n) is 11.2. The van der Waals surface area contributed by atoms with Crippen molar-refractivity contribution in [1.29, 1.82) is 0 Å². The lowest BCUT2D eigenvalue weighted by Crippen LogP contribution is -2.34. The maximum atomic E-state index is 13.1. The summed E-state index contributed by atoms with van der Waals surface area (Å²) in [5, 5.41) is 12.9. The molecule has 33 heavy (non-hydrogen) atoms. The number of hydrogen-bond acceptors (Lipinski definition) is 3. The van der Waals surface area contributed by atoms with Crippen molar-refractivity contribution in [3.63, 3.8) is 0 Å². The minimum Gasteiger partial charge on any atom is -0.478 e. The SMILES string of the molecule is O=C(Cc1ccc(C(=O)O)cc1)NC(c1ccc(Cl)cc1)c1ccccc1N1CCCCC1. The minimum atomic E-state index is -0.983. The van der Waals surface area contributed by atoms with Gasteiger partial charge in [0.15, 0.2) is 0 Å². The van der Waals surface area contributed by atoms with Crippen LogP contribution in [-0.4, -0.2) is 30.1 Å². The molecular formula is C27H27ClN2O3. The minimum absolute atomic E-state index is 0.133. The van der Waals surface area contributed by atoms with Crippen molar-refractivity contribution in [2.24, 2.45) is 0 Å². The summed E-state index contributed by atoms with van der Waals surface area (Å²) in [6, 6.07) is 21.9. The molecule has 1 unspecified atom stereocenters. The van der Waals surface area contributed by atoms with Crippen LogP contribution in [0, 0.1) is 0 Å². The Labute approximate surface area is 199 Å². The van der Waals surface area contributed by atoms with Gasteiger partial charge in [-0.05, 0) is 60.7 Å². The second-order valence-electron chi connectivity index (χ2n) is 8.34. The summed E-state index contributed by atoms with van der Waals surface area (Å²) in [7, 11) is 0. The molecular weight excluding hydrogens is 436 g/mol. The Bertz CT molecular complexity index is 1110. The predicted octanol–water partition coefficient (Wildman–Crippen LogP) is 5.48. The molecule has 0 spiro atoms. The third-order valence-electron chi connectivity index (χ3n) is 6.02. The van der Waals surface area contributed by atoms with Gasteiger partial charge in [0.05, 0.1) is 18.0 Å². The maximum absolute atomic E-state index is 13.1. The van der Waals surface area contributed by atoms with Crippen LogP contribution in [-0.2, 0) is 11.2 Å². The number of benzene rings is 3. The van der Waals surface area contributed by atoms with Crippen molar-refractivity contribution < 1.29 is 14.7 Å². The van der Waals surface area contributed by atoms with Crippen LogP contribution in [0.3, 0.4) is 0 Å². The quantitative estimate of drug-likeness (QED) is 0.488. The van der Waals surface area contributed by atoms with E-state index in [0.717, 1.165) is 35.5 Å². The highest BCUT2D eigenvalue weighted by Gasteiger charge is 2.23. The van der Waals surface area contributed by atoms with E-state index >= 15 is 0 Å². The molecule has 0 aromatic heterocycles. The topological polar surface area (TPSA) is 69.6 Å². The highest BCUT2D eigenvalue weighted by molar-refractivity contribution is 6.30.